The number of esters is 1. The van der Waals surface area contributed by atoms with E-state index in [0.717, 1.165) is 44.9 Å². The van der Waals surface area contributed by atoms with Gasteiger partial charge in [0.1, 0.15) is 0 Å². The normalized spacial score (nSPS) is 12.6. The lowest BCUT2D eigenvalue weighted by atomic mass is 10.0. The predicted molar refractivity (Wildman–Crippen MR) is 375 cm³/mol. The largest absolute Gasteiger partial charge is 0.466 e. The fourth-order valence-electron chi connectivity index (χ4n) is 12.6. The van der Waals surface area contributed by atoms with E-state index in [0.29, 0.717) is 25.9 Å². The molecule has 0 aliphatic carbocycles. The minimum atomic E-state index is -0.663. The van der Waals surface area contributed by atoms with Gasteiger partial charge >= 0.3 is 5.97 Å². The van der Waals surface area contributed by atoms with Crippen molar-refractivity contribution in [3.8, 4) is 0 Å². The van der Waals surface area contributed by atoms with Crippen molar-refractivity contribution >= 4 is 11.9 Å². The number of nitrogens with one attached hydrogen (secondary N) is 1. The lowest BCUT2D eigenvalue weighted by Gasteiger charge is -2.22. The minimum Gasteiger partial charge on any atom is -0.466 e. The van der Waals surface area contributed by atoms with E-state index >= 15 is 0 Å². The summed E-state index contributed by atoms with van der Waals surface area (Å²) in [4.78, 5) is 24.6. The van der Waals surface area contributed by atoms with Crippen molar-refractivity contribution in [2.24, 2.45) is 0 Å². The lowest BCUT2D eigenvalue weighted by molar-refractivity contribution is -0.143. The summed E-state index contributed by atoms with van der Waals surface area (Å²) >= 11 is 0. The van der Waals surface area contributed by atoms with Crippen LogP contribution in [0.25, 0.3) is 0 Å². The summed E-state index contributed by atoms with van der Waals surface area (Å²) < 4.78 is 5.49. The van der Waals surface area contributed by atoms with Crippen LogP contribution in [-0.2, 0) is 14.3 Å². The summed E-state index contributed by atoms with van der Waals surface area (Å²) in [5, 5.41) is 23.4. The maximum Gasteiger partial charge on any atom is 0.305 e. The molecule has 0 saturated heterocycles. The number of aliphatic hydroxyl groups is 2. The zero-order valence-electron chi connectivity index (χ0n) is 57.9. The van der Waals surface area contributed by atoms with Gasteiger partial charge in [-0.25, -0.2) is 0 Å². The Labute approximate surface area is 532 Å². The Kier molecular flexibility index (Phi) is 73.3. The molecule has 504 valence electrons. The molecule has 3 N–H and O–H groups in total. The number of hydrogen-bond acceptors (Lipinski definition) is 5. The average Bonchev–Trinajstić information content (AvgIpc) is 3.54. The highest BCUT2D eigenvalue weighted by Gasteiger charge is 2.20. The zero-order valence-corrected chi connectivity index (χ0v) is 57.9. The number of ether oxygens (including phenoxy) is 1. The first-order chi connectivity index (χ1) is 42.0. The number of amides is 1. The highest BCUT2D eigenvalue weighted by atomic mass is 16.5. The molecule has 0 bridgehead atoms. The SMILES string of the molecule is CCCCCCCCCCCCCCCCCCCCC(O)C(CO)NC(=O)CCCCCCCCCCCCCCCCCCC/C=C\C/C=C\CCCCCCCCCCCCCCCOC(=O)CCCCCCCCCCCCCCC. The van der Waals surface area contributed by atoms with E-state index in [1.165, 1.54) is 366 Å². The van der Waals surface area contributed by atoms with Gasteiger partial charge in [-0.3, -0.25) is 9.59 Å². The van der Waals surface area contributed by atoms with Crippen LogP contribution in [0.15, 0.2) is 24.3 Å². The van der Waals surface area contributed by atoms with Gasteiger partial charge in [-0.1, -0.05) is 398 Å². The van der Waals surface area contributed by atoms with Gasteiger partial charge in [-0.15, -0.1) is 0 Å². The molecule has 6 nitrogen and oxygen atoms in total. The van der Waals surface area contributed by atoms with Crippen molar-refractivity contribution in [2.75, 3.05) is 13.2 Å². The van der Waals surface area contributed by atoms with Gasteiger partial charge in [0.25, 0.3) is 0 Å². The maximum atomic E-state index is 12.5. The van der Waals surface area contributed by atoms with Gasteiger partial charge in [0.05, 0.1) is 25.4 Å². The monoisotopic (exact) mass is 1200 g/mol. The first kappa shape index (κ1) is 83.3. The van der Waals surface area contributed by atoms with Crippen molar-refractivity contribution in [3.05, 3.63) is 24.3 Å². The lowest BCUT2D eigenvalue weighted by Crippen LogP contribution is -2.45. The summed E-state index contributed by atoms with van der Waals surface area (Å²) in [5.41, 5.74) is 0. The van der Waals surface area contributed by atoms with Gasteiger partial charge < -0.3 is 20.3 Å². The molecule has 0 heterocycles. The molecule has 2 atom stereocenters. The van der Waals surface area contributed by atoms with Gasteiger partial charge in [0.15, 0.2) is 0 Å². The van der Waals surface area contributed by atoms with Crippen LogP contribution in [0.5, 0.6) is 0 Å². The molecule has 0 fully saturated rings. The summed E-state index contributed by atoms with van der Waals surface area (Å²) in [6.45, 7) is 5.00. The Morgan fingerprint density at radius 1 is 0.329 bits per heavy atom. The molecule has 0 radical (unpaired) electrons. The highest BCUT2D eigenvalue weighted by Crippen LogP contribution is 2.20. The van der Waals surface area contributed by atoms with E-state index in [9.17, 15) is 19.8 Å². The molecule has 0 saturated carbocycles. The molecule has 0 aromatic rings. The smallest absolute Gasteiger partial charge is 0.305 e. The van der Waals surface area contributed by atoms with Crippen molar-refractivity contribution in [1.82, 2.24) is 5.32 Å². The van der Waals surface area contributed by atoms with E-state index in [-0.39, 0.29) is 18.5 Å². The summed E-state index contributed by atoms with van der Waals surface area (Å²) in [6, 6.07) is -0.540. The van der Waals surface area contributed by atoms with E-state index in [1.54, 1.807) is 0 Å². The molecule has 0 aliphatic heterocycles. The number of unbranched alkanes of at least 4 members (excludes halogenated alkanes) is 59. The topological polar surface area (TPSA) is 95.9 Å². The molecule has 0 aromatic heterocycles. The Bertz CT molecular complexity index is 1330. The number of hydrogen-bond donors (Lipinski definition) is 3. The van der Waals surface area contributed by atoms with E-state index in [2.05, 4.69) is 43.5 Å². The fourth-order valence-corrected chi connectivity index (χ4v) is 12.6. The molecule has 1 amide bonds. The third-order valence-corrected chi connectivity index (χ3v) is 18.5. The van der Waals surface area contributed by atoms with Crippen LogP contribution < -0.4 is 5.32 Å². The van der Waals surface area contributed by atoms with Crippen LogP contribution in [0.3, 0.4) is 0 Å². The number of carbonyl (C=O) groups excluding carboxylic acids is 2. The predicted octanol–water partition coefficient (Wildman–Crippen LogP) is 25.7. The average molecular weight is 1200 g/mol. The second kappa shape index (κ2) is 74.8. The standard InChI is InChI=1S/C79H153NO5/c1-3-5-7-9-11-13-15-17-18-19-41-44-48-51-55-59-63-67-71-77(82)76(75-81)80-78(83)72-68-64-60-56-52-49-45-42-39-37-35-33-31-29-27-25-23-21-20-22-24-26-28-30-32-34-36-38-40-43-46-50-54-58-62-66-70-74-85-79(84)73-69-65-61-57-53-47-16-14-12-10-8-6-4-2/h20,22,26,28,76-77,81-82H,3-19,21,23-25,27,29-75H2,1-2H3,(H,80,83)/b22-20-,28-26-. The molecule has 0 aromatic carbocycles. The van der Waals surface area contributed by atoms with Gasteiger partial charge in [-0.2, -0.15) is 0 Å². The van der Waals surface area contributed by atoms with E-state index in [1.807, 2.05) is 0 Å². The van der Waals surface area contributed by atoms with Crippen LogP contribution >= 0.6 is 0 Å². The van der Waals surface area contributed by atoms with Crippen molar-refractivity contribution in [2.45, 2.75) is 456 Å². The first-order valence-corrected chi connectivity index (χ1v) is 39.1. The molecule has 0 rings (SSSR count). The molecule has 6 heteroatoms. The van der Waals surface area contributed by atoms with Gasteiger partial charge in [0.2, 0.25) is 5.91 Å². The van der Waals surface area contributed by atoms with Gasteiger partial charge in [0, 0.05) is 12.8 Å². The second-order valence-corrected chi connectivity index (χ2v) is 27.0. The van der Waals surface area contributed by atoms with Crippen LogP contribution in [0.1, 0.15) is 444 Å². The van der Waals surface area contributed by atoms with E-state index < -0.39 is 12.1 Å². The molecular weight excluding hydrogens is 1040 g/mol. The third-order valence-electron chi connectivity index (χ3n) is 18.5. The summed E-state index contributed by atoms with van der Waals surface area (Å²) in [7, 11) is 0. The Hall–Kier alpha value is -1.66. The Balaban J connectivity index is 3.35. The van der Waals surface area contributed by atoms with Crippen molar-refractivity contribution < 1.29 is 24.5 Å². The number of allylic oxidation sites excluding steroid dienone is 4. The fraction of sp³-hybridized carbons (Fsp3) is 0.924. The molecule has 0 aliphatic rings. The zero-order chi connectivity index (χ0) is 61.3. The van der Waals surface area contributed by atoms with Crippen molar-refractivity contribution in [3.63, 3.8) is 0 Å². The second-order valence-electron chi connectivity index (χ2n) is 27.0. The van der Waals surface area contributed by atoms with Gasteiger partial charge in [-0.05, 0) is 57.8 Å². The molecular formula is C79H153NO5. The van der Waals surface area contributed by atoms with E-state index in [4.69, 9.17) is 4.74 Å². The molecule has 0 spiro atoms. The summed E-state index contributed by atoms with van der Waals surface area (Å²) in [5.74, 6) is -0.00659. The molecule has 2 unspecified atom stereocenters. The Morgan fingerprint density at radius 3 is 0.894 bits per heavy atom. The number of aliphatic hydroxyl groups excluding tert-OH is 2. The van der Waals surface area contributed by atoms with Crippen LogP contribution in [-0.4, -0.2) is 47.4 Å². The number of rotatable bonds is 74. The van der Waals surface area contributed by atoms with Crippen LogP contribution in [0.4, 0.5) is 0 Å². The van der Waals surface area contributed by atoms with Crippen LogP contribution in [0, 0.1) is 0 Å². The maximum absolute atomic E-state index is 12.5. The third kappa shape index (κ3) is 71.3. The Morgan fingerprint density at radius 2 is 0.588 bits per heavy atom. The minimum absolute atomic E-state index is 0.0211. The van der Waals surface area contributed by atoms with Crippen LogP contribution in [0.2, 0.25) is 0 Å². The van der Waals surface area contributed by atoms with Crippen molar-refractivity contribution in [1.29, 1.82) is 0 Å². The number of carbonyl (C=O) groups is 2. The first-order valence-electron chi connectivity index (χ1n) is 39.1. The highest BCUT2D eigenvalue weighted by molar-refractivity contribution is 5.76. The summed E-state index contributed by atoms with van der Waals surface area (Å²) in [6.07, 6.45) is 95.5. The molecule has 85 heavy (non-hydrogen) atoms. The quantitative estimate of drug-likeness (QED) is 0.0320.